The molecule has 0 spiro atoms. The zero-order valence-corrected chi connectivity index (χ0v) is 17.1. The summed E-state index contributed by atoms with van der Waals surface area (Å²) in [4.78, 5) is 19.6. The fourth-order valence-electron chi connectivity index (χ4n) is 4.13. The number of pyridine rings is 1. The van der Waals surface area contributed by atoms with Gasteiger partial charge in [0.25, 0.3) is 0 Å². The van der Waals surface area contributed by atoms with E-state index in [1.807, 2.05) is 35.2 Å². The van der Waals surface area contributed by atoms with Crippen molar-refractivity contribution in [1.82, 2.24) is 9.88 Å². The van der Waals surface area contributed by atoms with Gasteiger partial charge in [-0.25, -0.2) is 4.39 Å². The van der Waals surface area contributed by atoms with Crippen molar-refractivity contribution in [2.24, 2.45) is 0 Å². The van der Waals surface area contributed by atoms with Gasteiger partial charge in [0.1, 0.15) is 5.82 Å². The standard InChI is InChI=1S/C26H27FN2O/c27-23-14-11-21(12-15-23)18-24-9-4-10-25(28-24)22-8-5-17-29(19-22)26(30)16-13-20-6-2-1-3-7-20/h1-4,6-7,9-12,14-15,22H,5,8,13,16-19H2. The Hall–Kier alpha value is -3.01. The van der Waals surface area contributed by atoms with Crippen molar-refractivity contribution in [1.29, 1.82) is 0 Å². The average Bonchev–Trinajstić information content (AvgIpc) is 2.80. The Labute approximate surface area is 177 Å². The summed E-state index contributed by atoms with van der Waals surface area (Å²) in [5.41, 5.74) is 4.28. The van der Waals surface area contributed by atoms with Crippen molar-refractivity contribution >= 4 is 5.91 Å². The molecule has 1 aliphatic heterocycles. The Morgan fingerprint density at radius 1 is 0.967 bits per heavy atom. The summed E-state index contributed by atoms with van der Waals surface area (Å²) in [6.45, 7) is 1.57. The minimum atomic E-state index is -0.223. The van der Waals surface area contributed by atoms with Gasteiger partial charge in [-0.3, -0.25) is 9.78 Å². The molecule has 1 aromatic heterocycles. The molecule has 0 bridgehead atoms. The van der Waals surface area contributed by atoms with Crippen LogP contribution in [-0.2, 0) is 17.6 Å². The van der Waals surface area contributed by atoms with Crippen LogP contribution in [0.4, 0.5) is 4.39 Å². The molecule has 3 aromatic rings. The molecule has 0 aliphatic carbocycles. The van der Waals surface area contributed by atoms with Gasteiger partial charge in [-0.2, -0.15) is 0 Å². The van der Waals surface area contributed by atoms with Crippen LogP contribution in [0.1, 0.15) is 47.7 Å². The first-order chi connectivity index (χ1) is 14.7. The van der Waals surface area contributed by atoms with Crippen molar-refractivity contribution in [2.75, 3.05) is 13.1 Å². The molecule has 2 aromatic carbocycles. The zero-order chi connectivity index (χ0) is 20.8. The van der Waals surface area contributed by atoms with E-state index in [1.165, 1.54) is 17.7 Å². The zero-order valence-electron chi connectivity index (χ0n) is 17.1. The maximum Gasteiger partial charge on any atom is 0.222 e. The molecule has 1 aliphatic rings. The fourth-order valence-corrected chi connectivity index (χ4v) is 4.13. The van der Waals surface area contributed by atoms with Crippen molar-refractivity contribution < 1.29 is 9.18 Å². The van der Waals surface area contributed by atoms with Crippen LogP contribution in [0.2, 0.25) is 0 Å². The Balaban J connectivity index is 1.38. The highest BCUT2D eigenvalue weighted by atomic mass is 19.1. The molecule has 0 radical (unpaired) electrons. The van der Waals surface area contributed by atoms with Crippen molar-refractivity contribution in [3.63, 3.8) is 0 Å². The lowest BCUT2D eigenvalue weighted by atomic mass is 9.93. The normalized spacial score (nSPS) is 16.4. The number of rotatable bonds is 6. The van der Waals surface area contributed by atoms with Crippen molar-refractivity contribution in [2.45, 2.75) is 38.0 Å². The minimum Gasteiger partial charge on any atom is -0.342 e. The van der Waals surface area contributed by atoms with E-state index < -0.39 is 0 Å². The molecular weight excluding hydrogens is 375 g/mol. The number of hydrogen-bond acceptors (Lipinski definition) is 2. The van der Waals surface area contributed by atoms with Crippen LogP contribution in [0.25, 0.3) is 0 Å². The monoisotopic (exact) mass is 402 g/mol. The van der Waals surface area contributed by atoms with E-state index in [1.54, 1.807) is 12.1 Å². The maximum absolute atomic E-state index is 13.1. The fraction of sp³-hybridized carbons (Fsp3) is 0.308. The molecule has 4 heteroatoms. The number of likely N-dealkylation sites (tertiary alicyclic amines) is 1. The van der Waals surface area contributed by atoms with E-state index in [-0.39, 0.29) is 17.6 Å². The maximum atomic E-state index is 13.1. The highest BCUT2D eigenvalue weighted by Crippen LogP contribution is 2.26. The first-order valence-corrected chi connectivity index (χ1v) is 10.7. The number of aryl methyl sites for hydroxylation is 1. The first kappa shape index (κ1) is 20.3. The first-order valence-electron chi connectivity index (χ1n) is 10.7. The smallest absolute Gasteiger partial charge is 0.222 e. The SMILES string of the molecule is O=C(CCc1ccccc1)N1CCCC(c2cccc(Cc3ccc(F)cc3)n2)C1. The highest BCUT2D eigenvalue weighted by Gasteiger charge is 2.25. The Kier molecular flexibility index (Phi) is 6.53. The number of halogens is 1. The molecule has 1 atom stereocenters. The topological polar surface area (TPSA) is 33.2 Å². The summed E-state index contributed by atoms with van der Waals surface area (Å²) >= 11 is 0. The molecule has 3 nitrogen and oxygen atoms in total. The molecule has 4 rings (SSSR count). The minimum absolute atomic E-state index is 0.223. The Morgan fingerprint density at radius 2 is 1.77 bits per heavy atom. The van der Waals surface area contributed by atoms with Crippen LogP contribution < -0.4 is 0 Å². The average molecular weight is 403 g/mol. The van der Waals surface area contributed by atoms with Gasteiger partial charge in [-0.05, 0) is 54.7 Å². The van der Waals surface area contributed by atoms with Gasteiger partial charge in [0.05, 0.1) is 0 Å². The summed E-state index contributed by atoms with van der Waals surface area (Å²) in [5.74, 6) is 0.276. The summed E-state index contributed by atoms with van der Waals surface area (Å²) < 4.78 is 13.1. The summed E-state index contributed by atoms with van der Waals surface area (Å²) in [6.07, 6.45) is 4.07. The van der Waals surface area contributed by atoms with Crippen LogP contribution in [0.15, 0.2) is 72.8 Å². The molecule has 1 amide bonds. The van der Waals surface area contributed by atoms with E-state index in [4.69, 9.17) is 4.98 Å². The van der Waals surface area contributed by atoms with E-state index in [2.05, 4.69) is 18.2 Å². The van der Waals surface area contributed by atoms with Gasteiger partial charge in [-0.15, -0.1) is 0 Å². The van der Waals surface area contributed by atoms with Gasteiger partial charge in [0.2, 0.25) is 5.91 Å². The third-order valence-electron chi connectivity index (χ3n) is 5.79. The van der Waals surface area contributed by atoms with Crippen LogP contribution >= 0.6 is 0 Å². The Bertz CT molecular complexity index is 972. The lowest BCUT2D eigenvalue weighted by Crippen LogP contribution is -2.39. The third-order valence-corrected chi connectivity index (χ3v) is 5.79. The van der Waals surface area contributed by atoms with E-state index >= 15 is 0 Å². The second-order valence-corrected chi connectivity index (χ2v) is 8.02. The molecule has 1 fully saturated rings. The van der Waals surface area contributed by atoms with Gasteiger partial charge >= 0.3 is 0 Å². The number of carbonyl (C=O) groups excluding carboxylic acids is 1. The molecular formula is C26H27FN2O. The second-order valence-electron chi connectivity index (χ2n) is 8.02. The second kappa shape index (κ2) is 9.66. The summed E-state index contributed by atoms with van der Waals surface area (Å²) in [7, 11) is 0. The summed E-state index contributed by atoms with van der Waals surface area (Å²) in [6, 6.07) is 22.9. The third kappa shape index (κ3) is 5.32. The van der Waals surface area contributed by atoms with Crippen LogP contribution in [0.5, 0.6) is 0 Å². The van der Waals surface area contributed by atoms with Gasteiger partial charge in [0, 0.05) is 43.2 Å². The molecule has 2 heterocycles. The predicted octanol–water partition coefficient (Wildman–Crippen LogP) is 5.15. The molecule has 0 saturated carbocycles. The predicted molar refractivity (Wildman–Crippen MR) is 117 cm³/mol. The van der Waals surface area contributed by atoms with Crippen molar-refractivity contribution in [3.8, 4) is 0 Å². The molecule has 30 heavy (non-hydrogen) atoms. The van der Waals surface area contributed by atoms with Gasteiger partial charge in [-0.1, -0.05) is 48.5 Å². The van der Waals surface area contributed by atoms with Crippen LogP contribution in [-0.4, -0.2) is 28.9 Å². The van der Waals surface area contributed by atoms with E-state index in [0.29, 0.717) is 12.8 Å². The highest BCUT2D eigenvalue weighted by molar-refractivity contribution is 5.76. The number of aromatic nitrogens is 1. The molecule has 1 unspecified atom stereocenters. The van der Waals surface area contributed by atoms with E-state index in [0.717, 1.165) is 49.3 Å². The van der Waals surface area contributed by atoms with Crippen LogP contribution in [0, 0.1) is 5.82 Å². The largest absolute Gasteiger partial charge is 0.342 e. The Morgan fingerprint density at radius 3 is 2.57 bits per heavy atom. The molecule has 1 saturated heterocycles. The number of carbonyl (C=O) groups is 1. The lowest BCUT2D eigenvalue weighted by molar-refractivity contribution is -0.132. The molecule has 154 valence electrons. The number of nitrogens with zero attached hydrogens (tertiary/aromatic N) is 2. The van der Waals surface area contributed by atoms with Gasteiger partial charge in [0.15, 0.2) is 0 Å². The van der Waals surface area contributed by atoms with Gasteiger partial charge < -0.3 is 4.90 Å². The number of amides is 1. The number of hydrogen-bond donors (Lipinski definition) is 0. The van der Waals surface area contributed by atoms with Crippen molar-refractivity contribution in [3.05, 3.63) is 101 Å². The van der Waals surface area contributed by atoms with E-state index in [9.17, 15) is 9.18 Å². The lowest BCUT2D eigenvalue weighted by Gasteiger charge is -2.32. The quantitative estimate of drug-likeness (QED) is 0.571. The summed E-state index contributed by atoms with van der Waals surface area (Å²) in [5, 5.41) is 0. The number of piperidine rings is 1. The number of benzene rings is 2. The van der Waals surface area contributed by atoms with Crippen LogP contribution in [0.3, 0.4) is 0 Å². The molecule has 0 N–H and O–H groups in total.